The van der Waals surface area contributed by atoms with Gasteiger partial charge in [-0.25, -0.2) is 9.48 Å². The lowest BCUT2D eigenvalue weighted by molar-refractivity contribution is -0.151. The lowest BCUT2D eigenvalue weighted by atomic mass is 10.0. The zero-order chi connectivity index (χ0) is 20.7. The summed E-state index contributed by atoms with van der Waals surface area (Å²) < 4.78 is 1.33. The van der Waals surface area contributed by atoms with Crippen LogP contribution in [0, 0.1) is 0 Å². The number of thioether (sulfide) groups is 1. The van der Waals surface area contributed by atoms with Crippen molar-refractivity contribution in [3.63, 3.8) is 0 Å². The summed E-state index contributed by atoms with van der Waals surface area (Å²) in [6.07, 6.45) is -1.43. The Morgan fingerprint density at radius 2 is 2.03 bits per heavy atom. The standard InChI is InChI=1S/C17H16N6O5S/c1-22-13(19-20-21-22)9-7-29-16-10(15(26)23(16)11(9)17(27)28)18-14(25)12(24)8-5-3-2-4-6-8/h2-6,10,12,16,24H,7H2,1H3,(H,18,25)(H,27,28)/t10?,12-,16-/m1/s1. The smallest absolute Gasteiger partial charge is 0.353 e. The van der Waals surface area contributed by atoms with Crippen molar-refractivity contribution in [2.24, 2.45) is 7.05 Å². The van der Waals surface area contributed by atoms with Crippen LogP contribution in [0.25, 0.3) is 5.57 Å². The summed E-state index contributed by atoms with van der Waals surface area (Å²) in [6.45, 7) is 0. The molecule has 0 saturated carbocycles. The number of carboxylic acids is 1. The third-order valence-electron chi connectivity index (χ3n) is 4.72. The molecule has 11 nitrogen and oxygen atoms in total. The van der Waals surface area contributed by atoms with Gasteiger partial charge in [-0.15, -0.1) is 16.9 Å². The minimum absolute atomic E-state index is 0.203. The van der Waals surface area contributed by atoms with Crippen molar-refractivity contribution in [2.45, 2.75) is 17.5 Å². The van der Waals surface area contributed by atoms with E-state index in [-0.39, 0.29) is 17.3 Å². The SMILES string of the molecule is Cn1nnnc1C1=C(C(=O)O)N2C(=O)C(NC(=O)[C@H](O)c3ccccc3)[C@H]2SC1. The summed E-state index contributed by atoms with van der Waals surface area (Å²) in [5.41, 5.74) is 0.521. The van der Waals surface area contributed by atoms with Gasteiger partial charge in [0.05, 0.1) is 0 Å². The molecule has 1 unspecified atom stereocenters. The second kappa shape index (κ2) is 7.29. The Bertz CT molecular complexity index is 1020. The molecule has 3 heterocycles. The first-order chi connectivity index (χ1) is 13.9. The molecule has 2 aromatic rings. The number of aliphatic hydroxyl groups excluding tert-OH is 1. The molecular weight excluding hydrogens is 400 g/mol. The van der Waals surface area contributed by atoms with Crippen molar-refractivity contribution in [1.82, 2.24) is 30.4 Å². The minimum Gasteiger partial charge on any atom is -0.477 e. The molecule has 1 fully saturated rings. The van der Waals surface area contributed by atoms with Gasteiger partial charge in [-0.3, -0.25) is 14.5 Å². The van der Waals surface area contributed by atoms with Gasteiger partial charge in [-0.2, -0.15) is 0 Å². The molecule has 3 N–H and O–H groups in total. The predicted octanol–water partition coefficient (Wildman–Crippen LogP) is -0.861. The Labute approximate surface area is 168 Å². The monoisotopic (exact) mass is 416 g/mol. The third-order valence-corrected chi connectivity index (χ3v) is 6.00. The van der Waals surface area contributed by atoms with Crippen LogP contribution in [-0.4, -0.2) is 70.3 Å². The van der Waals surface area contributed by atoms with Crippen molar-refractivity contribution < 1.29 is 24.6 Å². The molecule has 1 saturated heterocycles. The number of aromatic nitrogens is 4. The van der Waals surface area contributed by atoms with Crippen LogP contribution in [0.3, 0.4) is 0 Å². The first-order valence-electron chi connectivity index (χ1n) is 8.57. The third kappa shape index (κ3) is 3.15. The van der Waals surface area contributed by atoms with Gasteiger partial charge in [0.25, 0.3) is 11.8 Å². The van der Waals surface area contributed by atoms with Crippen LogP contribution in [0.5, 0.6) is 0 Å². The number of nitrogens with one attached hydrogen (secondary N) is 1. The molecule has 4 rings (SSSR count). The van der Waals surface area contributed by atoms with Gasteiger partial charge >= 0.3 is 5.97 Å². The number of carboxylic acid groups (broad SMARTS) is 1. The number of nitrogens with zero attached hydrogens (tertiary/aromatic N) is 5. The highest BCUT2D eigenvalue weighted by Crippen LogP contribution is 2.42. The zero-order valence-corrected chi connectivity index (χ0v) is 15.9. The number of benzene rings is 1. The summed E-state index contributed by atoms with van der Waals surface area (Å²) >= 11 is 1.29. The molecule has 1 aromatic heterocycles. The fourth-order valence-electron chi connectivity index (χ4n) is 3.29. The number of aliphatic hydroxyl groups is 1. The fourth-order valence-corrected chi connectivity index (χ4v) is 4.63. The van der Waals surface area contributed by atoms with E-state index in [9.17, 15) is 24.6 Å². The quantitative estimate of drug-likeness (QED) is 0.529. The summed E-state index contributed by atoms with van der Waals surface area (Å²) in [6, 6.07) is 7.39. The number of hydrogen-bond donors (Lipinski definition) is 3. The predicted molar refractivity (Wildman–Crippen MR) is 99.8 cm³/mol. The molecule has 0 bridgehead atoms. The number of aryl methyl sites for hydroxylation is 1. The van der Waals surface area contributed by atoms with E-state index in [1.165, 1.54) is 16.4 Å². The number of hydrogen-bond acceptors (Lipinski definition) is 8. The highest BCUT2D eigenvalue weighted by atomic mass is 32.2. The molecule has 2 aliphatic heterocycles. The zero-order valence-electron chi connectivity index (χ0n) is 15.1. The summed E-state index contributed by atoms with van der Waals surface area (Å²) in [5, 5.41) is 32.9. The molecule has 0 spiro atoms. The van der Waals surface area contributed by atoms with Crippen LogP contribution in [0.15, 0.2) is 36.0 Å². The molecule has 29 heavy (non-hydrogen) atoms. The Morgan fingerprint density at radius 1 is 1.31 bits per heavy atom. The lowest BCUT2D eigenvalue weighted by Crippen LogP contribution is -2.70. The molecule has 12 heteroatoms. The molecule has 150 valence electrons. The van der Waals surface area contributed by atoms with E-state index in [1.807, 2.05) is 0 Å². The molecular formula is C17H16N6O5S. The first kappa shape index (κ1) is 19.1. The van der Waals surface area contributed by atoms with Gasteiger partial charge in [-0.1, -0.05) is 30.3 Å². The van der Waals surface area contributed by atoms with Crippen molar-refractivity contribution in [3.8, 4) is 0 Å². The molecule has 3 atom stereocenters. The van der Waals surface area contributed by atoms with Gasteiger partial charge < -0.3 is 15.5 Å². The molecule has 2 aliphatic rings. The molecule has 0 aliphatic carbocycles. The Balaban J connectivity index is 1.55. The van der Waals surface area contributed by atoms with E-state index >= 15 is 0 Å². The summed E-state index contributed by atoms with van der Waals surface area (Å²) in [5.74, 6) is -2.07. The summed E-state index contributed by atoms with van der Waals surface area (Å²) in [4.78, 5) is 38.0. The number of fused-ring (bicyclic) bond motifs is 1. The maximum Gasteiger partial charge on any atom is 0.353 e. The number of carbonyl (C=O) groups is 3. The Kier molecular flexibility index (Phi) is 4.80. The normalized spacial score (nSPS) is 22.0. The van der Waals surface area contributed by atoms with E-state index in [0.29, 0.717) is 11.1 Å². The van der Waals surface area contributed by atoms with E-state index in [4.69, 9.17) is 0 Å². The topological polar surface area (TPSA) is 151 Å². The van der Waals surface area contributed by atoms with Crippen molar-refractivity contribution in [1.29, 1.82) is 0 Å². The van der Waals surface area contributed by atoms with E-state index in [0.717, 1.165) is 4.90 Å². The second-order valence-corrected chi connectivity index (χ2v) is 7.57. The summed E-state index contributed by atoms with van der Waals surface area (Å²) in [7, 11) is 1.57. The van der Waals surface area contributed by atoms with Crippen molar-refractivity contribution in [3.05, 3.63) is 47.4 Å². The van der Waals surface area contributed by atoms with Crippen LogP contribution in [0.2, 0.25) is 0 Å². The number of rotatable bonds is 5. The van der Waals surface area contributed by atoms with E-state index in [1.54, 1.807) is 37.4 Å². The van der Waals surface area contributed by atoms with E-state index < -0.39 is 35.3 Å². The van der Waals surface area contributed by atoms with E-state index in [2.05, 4.69) is 20.8 Å². The first-order valence-corrected chi connectivity index (χ1v) is 9.62. The fraction of sp³-hybridized carbons (Fsp3) is 0.294. The van der Waals surface area contributed by atoms with Gasteiger partial charge in [0.1, 0.15) is 17.1 Å². The minimum atomic E-state index is -1.43. The number of tetrazole rings is 1. The van der Waals surface area contributed by atoms with Crippen LogP contribution >= 0.6 is 11.8 Å². The second-order valence-electron chi connectivity index (χ2n) is 6.47. The molecule has 1 aromatic carbocycles. The van der Waals surface area contributed by atoms with Gasteiger partial charge in [0.2, 0.25) is 0 Å². The highest BCUT2D eigenvalue weighted by molar-refractivity contribution is 8.00. The molecule has 0 radical (unpaired) electrons. The lowest BCUT2D eigenvalue weighted by Gasteiger charge is -2.49. The van der Waals surface area contributed by atoms with Gasteiger partial charge in [0.15, 0.2) is 11.9 Å². The van der Waals surface area contributed by atoms with Gasteiger partial charge in [0, 0.05) is 18.4 Å². The largest absolute Gasteiger partial charge is 0.477 e. The van der Waals surface area contributed by atoms with Crippen LogP contribution in [-0.2, 0) is 21.4 Å². The number of aliphatic carboxylic acids is 1. The van der Waals surface area contributed by atoms with Crippen molar-refractivity contribution >= 4 is 35.1 Å². The molecule has 2 amide bonds. The maximum absolute atomic E-state index is 12.7. The Morgan fingerprint density at radius 3 is 2.66 bits per heavy atom. The number of carbonyl (C=O) groups excluding carboxylic acids is 2. The average Bonchev–Trinajstić information content (AvgIpc) is 3.16. The van der Waals surface area contributed by atoms with Crippen molar-refractivity contribution in [2.75, 3.05) is 5.75 Å². The van der Waals surface area contributed by atoms with Crippen LogP contribution < -0.4 is 5.32 Å². The maximum atomic E-state index is 12.7. The average molecular weight is 416 g/mol. The van der Waals surface area contributed by atoms with Gasteiger partial charge in [-0.05, 0) is 16.0 Å². The number of amides is 2. The van der Waals surface area contributed by atoms with Crippen LogP contribution in [0.4, 0.5) is 0 Å². The highest BCUT2D eigenvalue weighted by Gasteiger charge is 2.55. The van der Waals surface area contributed by atoms with Crippen LogP contribution in [0.1, 0.15) is 17.5 Å². The Hall–Kier alpha value is -3.25. The number of β-lactam (4-membered cyclic amide) rings is 1.